The molecule has 5 unspecified atom stereocenters. The molecule has 1 amide bonds. The molecule has 1 N–H and O–H groups in total. The molecule has 9 heteroatoms. The van der Waals surface area contributed by atoms with Gasteiger partial charge in [-0.05, 0) is 68.6 Å². The van der Waals surface area contributed by atoms with Crippen molar-refractivity contribution in [1.82, 2.24) is 14.9 Å². The summed E-state index contributed by atoms with van der Waals surface area (Å²) in [6.07, 6.45) is 4.26. The number of halogens is 3. The fraction of sp³-hybridized carbons (Fsp3) is 0.607. The number of hydrogen-bond donors (Lipinski definition) is 1. The number of rotatable bonds is 6. The molecule has 2 saturated carbocycles. The zero-order valence-corrected chi connectivity index (χ0v) is 21.7. The monoisotopic (exact) mass is 519 g/mol. The molecule has 4 rings (SSSR count). The quantitative estimate of drug-likeness (QED) is 0.559. The number of hydrogen-bond acceptors (Lipinski definition) is 4. The SMILES string of the molecule is COC/C=C\c1cc2c(cn1)cc(C1CC(NC(=O)C3CCCC(C(F)(F)F)C3)CCC1C)c(=O)n2C. The average molecular weight is 520 g/mol. The van der Waals surface area contributed by atoms with Gasteiger partial charge >= 0.3 is 6.18 Å². The van der Waals surface area contributed by atoms with Gasteiger partial charge in [-0.25, -0.2) is 0 Å². The molecule has 6 nitrogen and oxygen atoms in total. The average Bonchev–Trinajstić information content (AvgIpc) is 2.87. The van der Waals surface area contributed by atoms with Crippen LogP contribution in [0.4, 0.5) is 13.2 Å². The lowest BCUT2D eigenvalue weighted by molar-refractivity contribution is -0.186. The molecule has 2 aliphatic rings. The normalized spacial score (nSPS) is 27.0. The van der Waals surface area contributed by atoms with Gasteiger partial charge in [-0.2, -0.15) is 13.2 Å². The summed E-state index contributed by atoms with van der Waals surface area (Å²) in [6, 6.07) is 3.62. The van der Waals surface area contributed by atoms with Gasteiger partial charge in [-0.1, -0.05) is 19.4 Å². The van der Waals surface area contributed by atoms with Gasteiger partial charge in [0.15, 0.2) is 0 Å². The molecule has 0 spiro atoms. The van der Waals surface area contributed by atoms with Crippen LogP contribution in [0.5, 0.6) is 0 Å². The number of carbonyl (C=O) groups is 1. The number of carbonyl (C=O) groups excluding carboxylic acids is 1. The molecule has 0 saturated heterocycles. The molecule has 202 valence electrons. The van der Waals surface area contributed by atoms with Crippen molar-refractivity contribution in [2.45, 2.75) is 70.0 Å². The van der Waals surface area contributed by atoms with E-state index in [0.717, 1.165) is 29.4 Å². The Morgan fingerprint density at radius 2 is 2.00 bits per heavy atom. The molecular weight excluding hydrogens is 483 g/mol. The molecule has 2 aromatic rings. The van der Waals surface area contributed by atoms with Crippen molar-refractivity contribution >= 4 is 22.9 Å². The Balaban J connectivity index is 1.51. The second kappa shape index (κ2) is 11.4. The van der Waals surface area contributed by atoms with Crippen LogP contribution < -0.4 is 10.9 Å². The van der Waals surface area contributed by atoms with Crippen molar-refractivity contribution in [1.29, 1.82) is 0 Å². The maximum atomic E-state index is 13.4. The third kappa shape index (κ3) is 6.25. The molecule has 5 atom stereocenters. The van der Waals surface area contributed by atoms with Crippen molar-refractivity contribution in [2.24, 2.45) is 24.8 Å². The van der Waals surface area contributed by atoms with Crippen LogP contribution in [0.25, 0.3) is 17.0 Å². The number of pyridine rings is 2. The first-order valence-corrected chi connectivity index (χ1v) is 13.1. The van der Waals surface area contributed by atoms with E-state index < -0.39 is 18.0 Å². The van der Waals surface area contributed by atoms with Crippen LogP contribution in [-0.2, 0) is 16.6 Å². The third-order valence-corrected chi connectivity index (χ3v) is 8.16. The van der Waals surface area contributed by atoms with E-state index in [4.69, 9.17) is 4.74 Å². The Bertz CT molecular complexity index is 1210. The molecule has 0 radical (unpaired) electrons. The number of amides is 1. The van der Waals surface area contributed by atoms with E-state index in [1.807, 2.05) is 24.3 Å². The molecule has 0 aromatic carbocycles. The Morgan fingerprint density at radius 3 is 2.73 bits per heavy atom. The fourth-order valence-corrected chi connectivity index (χ4v) is 5.96. The summed E-state index contributed by atoms with van der Waals surface area (Å²) in [7, 11) is 3.37. The van der Waals surface area contributed by atoms with Crippen molar-refractivity contribution in [3.8, 4) is 0 Å². The summed E-state index contributed by atoms with van der Waals surface area (Å²) in [5.41, 5.74) is 2.14. The van der Waals surface area contributed by atoms with Crippen LogP contribution in [0.15, 0.2) is 29.2 Å². The first kappa shape index (κ1) is 27.4. The van der Waals surface area contributed by atoms with E-state index in [2.05, 4.69) is 17.2 Å². The van der Waals surface area contributed by atoms with Crippen molar-refractivity contribution in [2.75, 3.05) is 13.7 Å². The topological polar surface area (TPSA) is 73.2 Å². The van der Waals surface area contributed by atoms with Crippen LogP contribution >= 0.6 is 0 Å². The third-order valence-electron chi connectivity index (χ3n) is 8.16. The minimum absolute atomic E-state index is 0.0577. The second-order valence-electron chi connectivity index (χ2n) is 10.7. The van der Waals surface area contributed by atoms with Gasteiger partial charge in [0.1, 0.15) is 0 Å². The summed E-state index contributed by atoms with van der Waals surface area (Å²) < 4.78 is 46.3. The molecule has 2 aliphatic carbocycles. The van der Waals surface area contributed by atoms with Gasteiger partial charge in [0.25, 0.3) is 5.56 Å². The Labute approximate surface area is 215 Å². The summed E-state index contributed by atoms with van der Waals surface area (Å²) in [5.74, 6) is -2.10. The highest BCUT2D eigenvalue weighted by atomic mass is 19.4. The minimum atomic E-state index is -4.25. The van der Waals surface area contributed by atoms with Crippen LogP contribution in [0.3, 0.4) is 0 Å². The number of methoxy groups -OCH3 is 1. The molecule has 37 heavy (non-hydrogen) atoms. The first-order chi connectivity index (χ1) is 17.6. The maximum absolute atomic E-state index is 13.4. The molecule has 2 heterocycles. The van der Waals surface area contributed by atoms with E-state index in [0.29, 0.717) is 31.4 Å². The van der Waals surface area contributed by atoms with Gasteiger partial charge in [0.05, 0.1) is 23.7 Å². The lowest BCUT2D eigenvalue weighted by Crippen LogP contribution is -2.45. The number of nitrogens with zero attached hydrogens (tertiary/aromatic N) is 2. The summed E-state index contributed by atoms with van der Waals surface area (Å²) in [5, 5.41) is 3.90. The predicted octanol–water partition coefficient (Wildman–Crippen LogP) is 5.35. The lowest BCUT2D eigenvalue weighted by atomic mass is 9.74. The van der Waals surface area contributed by atoms with E-state index in [9.17, 15) is 22.8 Å². The van der Waals surface area contributed by atoms with Gasteiger partial charge in [0.2, 0.25) is 5.91 Å². The molecular formula is C28H36F3N3O3. The Hall–Kier alpha value is -2.68. The van der Waals surface area contributed by atoms with E-state index in [1.165, 1.54) is 0 Å². The van der Waals surface area contributed by atoms with Gasteiger partial charge in [-0.3, -0.25) is 14.6 Å². The fourth-order valence-electron chi connectivity index (χ4n) is 5.96. The highest BCUT2D eigenvalue weighted by Gasteiger charge is 2.44. The lowest BCUT2D eigenvalue weighted by Gasteiger charge is -2.36. The van der Waals surface area contributed by atoms with Crippen LogP contribution in [-0.4, -0.2) is 41.4 Å². The predicted molar refractivity (Wildman–Crippen MR) is 137 cm³/mol. The highest BCUT2D eigenvalue weighted by Crippen LogP contribution is 2.41. The van der Waals surface area contributed by atoms with Crippen molar-refractivity contribution in [3.05, 3.63) is 46.0 Å². The van der Waals surface area contributed by atoms with Crippen molar-refractivity contribution in [3.63, 3.8) is 0 Å². The summed E-state index contributed by atoms with van der Waals surface area (Å²) in [6.45, 7) is 2.59. The van der Waals surface area contributed by atoms with E-state index in [-0.39, 0.29) is 42.2 Å². The number of alkyl halides is 3. The van der Waals surface area contributed by atoms with E-state index >= 15 is 0 Å². The molecule has 2 fully saturated rings. The molecule has 2 aromatic heterocycles. The largest absolute Gasteiger partial charge is 0.391 e. The standard InChI is InChI=1S/C28H36F3N3O3/c1-17-9-10-22(33-26(35)18-6-4-7-20(12-18)28(29,30)31)14-23(17)24-13-19-16-32-21(8-5-11-37-3)15-25(19)34(2)27(24)36/h5,8,13,15-18,20,22-23H,4,6-7,9-12,14H2,1-3H3,(H,33,35)/b8-5-. The minimum Gasteiger partial charge on any atom is -0.381 e. The number of ether oxygens (including phenoxy) is 1. The zero-order valence-electron chi connectivity index (χ0n) is 21.7. The molecule has 0 aliphatic heterocycles. The summed E-state index contributed by atoms with van der Waals surface area (Å²) >= 11 is 0. The van der Waals surface area contributed by atoms with Gasteiger partial charge < -0.3 is 14.6 Å². The van der Waals surface area contributed by atoms with Crippen LogP contribution in [0.1, 0.15) is 69.0 Å². The maximum Gasteiger partial charge on any atom is 0.391 e. The number of aryl methyl sites for hydroxylation is 1. The first-order valence-electron chi connectivity index (χ1n) is 13.1. The van der Waals surface area contributed by atoms with Crippen molar-refractivity contribution < 1.29 is 22.7 Å². The van der Waals surface area contributed by atoms with E-state index in [1.54, 1.807) is 24.9 Å². The second-order valence-corrected chi connectivity index (χ2v) is 10.7. The zero-order chi connectivity index (χ0) is 26.7. The van der Waals surface area contributed by atoms with Gasteiger partial charge in [-0.15, -0.1) is 0 Å². The number of aromatic nitrogens is 2. The highest BCUT2D eigenvalue weighted by molar-refractivity contribution is 5.81. The van der Waals surface area contributed by atoms with Crippen LogP contribution in [0.2, 0.25) is 0 Å². The van der Waals surface area contributed by atoms with Gasteiger partial charge in [0, 0.05) is 43.3 Å². The Morgan fingerprint density at radius 1 is 1.22 bits per heavy atom. The Kier molecular flexibility index (Phi) is 8.41. The number of nitrogens with one attached hydrogen (secondary N) is 1. The number of fused-ring (bicyclic) bond motifs is 1. The van der Waals surface area contributed by atoms with Crippen LogP contribution in [0, 0.1) is 17.8 Å². The summed E-state index contributed by atoms with van der Waals surface area (Å²) in [4.78, 5) is 30.8. The smallest absolute Gasteiger partial charge is 0.381 e. The molecule has 0 bridgehead atoms.